The number of hydrogen-bond donors (Lipinski definition) is 2. The number of nitrogens with zero attached hydrogens (tertiary/aromatic N) is 2. The van der Waals surface area contributed by atoms with E-state index in [9.17, 15) is 5.11 Å². The van der Waals surface area contributed by atoms with Crippen LogP contribution in [-0.4, -0.2) is 45.4 Å². The Labute approximate surface area is 121 Å². The summed E-state index contributed by atoms with van der Waals surface area (Å²) in [6.45, 7) is 5.33. The van der Waals surface area contributed by atoms with Gasteiger partial charge in [-0.05, 0) is 57.1 Å². The van der Waals surface area contributed by atoms with Gasteiger partial charge in [0.25, 0.3) is 0 Å². The highest BCUT2D eigenvalue weighted by atomic mass is 16.3. The van der Waals surface area contributed by atoms with E-state index in [-0.39, 0.29) is 0 Å². The van der Waals surface area contributed by atoms with Crippen LogP contribution in [0, 0.1) is 5.92 Å². The van der Waals surface area contributed by atoms with E-state index in [0.717, 1.165) is 38.4 Å². The van der Waals surface area contributed by atoms with Crippen LogP contribution in [-0.2, 0) is 0 Å². The lowest BCUT2D eigenvalue weighted by Crippen LogP contribution is -2.48. The molecule has 4 heteroatoms. The van der Waals surface area contributed by atoms with Crippen molar-refractivity contribution in [1.29, 1.82) is 0 Å². The Hall–Kier alpha value is -0.870. The fraction of sp³-hybridized carbons (Fsp3) is 0.812. The van der Waals surface area contributed by atoms with Crippen molar-refractivity contribution >= 4 is 0 Å². The Morgan fingerprint density at radius 2 is 2.20 bits per heavy atom. The Bertz CT molecular complexity index is 409. The molecule has 1 saturated carbocycles. The van der Waals surface area contributed by atoms with Crippen LogP contribution in [0.2, 0.25) is 0 Å². The number of likely N-dealkylation sites (tertiary alicyclic amines) is 1. The molecule has 1 aromatic heterocycles. The fourth-order valence-electron chi connectivity index (χ4n) is 3.82. The molecule has 0 radical (unpaired) electrons. The minimum atomic E-state index is -0.442. The summed E-state index contributed by atoms with van der Waals surface area (Å²) in [5.74, 6) is 1.34. The van der Waals surface area contributed by atoms with Gasteiger partial charge in [0.2, 0.25) is 0 Å². The summed E-state index contributed by atoms with van der Waals surface area (Å²) in [4.78, 5) is 2.46. The zero-order valence-corrected chi connectivity index (χ0v) is 12.5. The number of rotatable bonds is 3. The lowest BCUT2D eigenvalue weighted by atomic mass is 9.79. The molecule has 1 aliphatic carbocycles. The zero-order valence-electron chi connectivity index (χ0n) is 12.5. The van der Waals surface area contributed by atoms with Crippen molar-refractivity contribution in [3.63, 3.8) is 0 Å². The largest absolute Gasteiger partial charge is 0.389 e. The summed E-state index contributed by atoms with van der Waals surface area (Å²) in [6.07, 6.45) is 8.58. The second kappa shape index (κ2) is 5.86. The fourth-order valence-corrected chi connectivity index (χ4v) is 3.82. The SMILES string of the molecule is CC1CCC(O)(CN2CCCC(c3ccn[nH]3)C2)CC1. The van der Waals surface area contributed by atoms with Gasteiger partial charge in [0.15, 0.2) is 0 Å². The molecule has 1 unspecified atom stereocenters. The van der Waals surface area contributed by atoms with E-state index < -0.39 is 5.60 Å². The minimum absolute atomic E-state index is 0.442. The van der Waals surface area contributed by atoms with Crippen LogP contribution in [0.15, 0.2) is 12.3 Å². The number of hydrogen-bond acceptors (Lipinski definition) is 3. The van der Waals surface area contributed by atoms with Gasteiger partial charge in [-0.25, -0.2) is 0 Å². The van der Waals surface area contributed by atoms with Gasteiger partial charge < -0.3 is 5.11 Å². The number of piperidine rings is 1. The molecule has 2 aliphatic rings. The Kier molecular flexibility index (Phi) is 4.13. The monoisotopic (exact) mass is 277 g/mol. The van der Waals surface area contributed by atoms with E-state index in [1.165, 1.54) is 31.4 Å². The van der Waals surface area contributed by atoms with E-state index in [4.69, 9.17) is 0 Å². The molecule has 2 heterocycles. The molecule has 4 nitrogen and oxygen atoms in total. The smallest absolute Gasteiger partial charge is 0.0774 e. The maximum Gasteiger partial charge on any atom is 0.0774 e. The van der Waals surface area contributed by atoms with Gasteiger partial charge in [0.1, 0.15) is 0 Å². The van der Waals surface area contributed by atoms with Gasteiger partial charge in [0, 0.05) is 30.9 Å². The average molecular weight is 277 g/mol. The first-order valence-corrected chi connectivity index (χ1v) is 8.09. The second-order valence-electron chi connectivity index (χ2n) is 6.99. The van der Waals surface area contributed by atoms with Crippen molar-refractivity contribution in [2.24, 2.45) is 5.92 Å². The van der Waals surface area contributed by atoms with Crippen molar-refractivity contribution in [3.05, 3.63) is 18.0 Å². The van der Waals surface area contributed by atoms with E-state index in [1.807, 2.05) is 6.20 Å². The van der Waals surface area contributed by atoms with Crippen LogP contribution < -0.4 is 0 Å². The molecule has 2 N–H and O–H groups in total. The summed E-state index contributed by atoms with van der Waals surface area (Å²) in [6, 6.07) is 2.09. The summed E-state index contributed by atoms with van der Waals surface area (Å²) in [5.41, 5.74) is 0.807. The lowest BCUT2D eigenvalue weighted by Gasteiger charge is -2.41. The van der Waals surface area contributed by atoms with Crippen molar-refractivity contribution in [2.45, 2.75) is 57.0 Å². The molecule has 112 valence electrons. The average Bonchev–Trinajstić information content (AvgIpc) is 2.97. The predicted molar refractivity (Wildman–Crippen MR) is 79.6 cm³/mol. The molecular weight excluding hydrogens is 250 g/mol. The number of aromatic amines is 1. The van der Waals surface area contributed by atoms with Gasteiger partial charge in [-0.1, -0.05) is 6.92 Å². The Morgan fingerprint density at radius 1 is 1.40 bits per heavy atom. The first-order chi connectivity index (χ1) is 9.65. The second-order valence-corrected chi connectivity index (χ2v) is 6.99. The lowest BCUT2D eigenvalue weighted by molar-refractivity contribution is -0.0398. The molecule has 1 saturated heterocycles. The molecule has 20 heavy (non-hydrogen) atoms. The first-order valence-electron chi connectivity index (χ1n) is 8.09. The standard InChI is InChI=1S/C16H27N3O/c1-13-4-7-16(20,8-5-13)12-19-10-2-3-14(11-19)15-6-9-17-18-15/h6,9,13-14,20H,2-5,7-8,10-12H2,1H3,(H,17,18). The molecule has 1 atom stereocenters. The molecule has 0 amide bonds. The highest BCUT2D eigenvalue weighted by molar-refractivity contribution is 5.07. The zero-order chi connectivity index (χ0) is 14.0. The van der Waals surface area contributed by atoms with E-state index in [0.29, 0.717) is 5.92 Å². The van der Waals surface area contributed by atoms with Gasteiger partial charge in [-0.2, -0.15) is 5.10 Å². The van der Waals surface area contributed by atoms with Crippen LogP contribution in [0.1, 0.15) is 57.1 Å². The summed E-state index contributed by atoms with van der Waals surface area (Å²) in [5, 5.41) is 18.0. The molecule has 0 aromatic carbocycles. The van der Waals surface area contributed by atoms with Crippen LogP contribution in [0.3, 0.4) is 0 Å². The van der Waals surface area contributed by atoms with Gasteiger partial charge in [0.05, 0.1) is 5.60 Å². The molecule has 1 aromatic rings. The van der Waals surface area contributed by atoms with Crippen molar-refractivity contribution in [3.8, 4) is 0 Å². The minimum Gasteiger partial charge on any atom is -0.389 e. The normalized spacial score (nSPS) is 36.1. The highest BCUT2D eigenvalue weighted by Crippen LogP contribution is 2.34. The number of aromatic nitrogens is 2. The Balaban J connectivity index is 1.57. The molecule has 2 fully saturated rings. The quantitative estimate of drug-likeness (QED) is 0.892. The van der Waals surface area contributed by atoms with E-state index in [1.54, 1.807) is 0 Å². The number of H-pyrrole nitrogens is 1. The topological polar surface area (TPSA) is 52.1 Å². The van der Waals surface area contributed by atoms with Gasteiger partial charge in [-0.15, -0.1) is 0 Å². The third-order valence-electron chi connectivity index (χ3n) is 5.19. The molecular formula is C16H27N3O. The molecule has 0 spiro atoms. The molecule has 1 aliphatic heterocycles. The maximum absolute atomic E-state index is 10.8. The molecule has 0 bridgehead atoms. The van der Waals surface area contributed by atoms with Crippen LogP contribution >= 0.6 is 0 Å². The maximum atomic E-state index is 10.8. The third kappa shape index (κ3) is 3.23. The predicted octanol–water partition coefficient (Wildman–Crippen LogP) is 2.53. The van der Waals surface area contributed by atoms with Crippen molar-refractivity contribution in [2.75, 3.05) is 19.6 Å². The van der Waals surface area contributed by atoms with Crippen molar-refractivity contribution < 1.29 is 5.11 Å². The summed E-state index contributed by atoms with van der Waals surface area (Å²) < 4.78 is 0. The number of aliphatic hydroxyl groups is 1. The third-order valence-corrected chi connectivity index (χ3v) is 5.19. The first kappa shape index (κ1) is 14.1. The van der Waals surface area contributed by atoms with Crippen LogP contribution in [0.5, 0.6) is 0 Å². The summed E-state index contributed by atoms with van der Waals surface area (Å²) in [7, 11) is 0. The van der Waals surface area contributed by atoms with Crippen LogP contribution in [0.4, 0.5) is 0 Å². The van der Waals surface area contributed by atoms with E-state index in [2.05, 4.69) is 28.1 Å². The highest BCUT2D eigenvalue weighted by Gasteiger charge is 2.35. The Morgan fingerprint density at radius 3 is 2.90 bits per heavy atom. The van der Waals surface area contributed by atoms with Gasteiger partial charge >= 0.3 is 0 Å². The number of nitrogens with one attached hydrogen (secondary N) is 1. The number of β-amino-alcohol motifs (C(OH)–C–C–N with tert-alkyl or cyclic N) is 1. The van der Waals surface area contributed by atoms with Crippen LogP contribution in [0.25, 0.3) is 0 Å². The molecule has 3 rings (SSSR count). The van der Waals surface area contributed by atoms with E-state index >= 15 is 0 Å². The van der Waals surface area contributed by atoms with Gasteiger partial charge in [-0.3, -0.25) is 10.00 Å². The summed E-state index contributed by atoms with van der Waals surface area (Å²) >= 11 is 0. The van der Waals surface area contributed by atoms with Crippen molar-refractivity contribution in [1.82, 2.24) is 15.1 Å².